The minimum atomic E-state index is -1.07. The van der Waals surface area contributed by atoms with Crippen molar-refractivity contribution in [1.29, 1.82) is 0 Å². The van der Waals surface area contributed by atoms with Crippen LogP contribution in [-0.2, 0) is 0 Å². The Morgan fingerprint density at radius 1 is 1.00 bits per heavy atom. The summed E-state index contributed by atoms with van der Waals surface area (Å²) in [5.41, 5.74) is 6.75. The standard InChI is InChI=1S/C22H22N4O4/c1-12-5-10-18(11-13(12)2)26-21(28)19(15(4)25-26)14(3)23-24-20(27)16-6-8-17(9-7-16)22(29)30/h5-11,25H,1-4H3,(H,24,27)(H,29,30)/b23-14-. The van der Waals surface area contributed by atoms with Crippen molar-refractivity contribution in [1.82, 2.24) is 15.2 Å². The molecule has 154 valence electrons. The SMILES string of the molecule is C/C(=N/NC(=O)c1ccc(C(=O)O)cc1)c1c(C)[nH]n(-c2ccc(C)c(C)c2)c1=O. The van der Waals surface area contributed by atoms with E-state index in [-0.39, 0.29) is 16.7 Å². The summed E-state index contributed by atoms with van der Waals surface area (Å²) in [5, 5.41) is 16.0. The van der Waals surface area contributed by atoms with Crippen molar-refractivity contribution in [2.45, 2.75) is 27.7 Å². The average molecular weight is 406 g/mol. The van der Waals surface area contributed by atoms with Crippen molar-refractivity contribution in [2.24, 2.45) is 5.10 Å². The van der Waals surface area contributed by atoms with E-state index in [2.05, 4.69) is 15.6 Å². The van der Waals surface area contributed by atoms with Gasteiger partial charge in [0.1, 0.15) is 0 Å². The van der Waals surface area contributed by atoms with Gasteiger partial charge in [-0.3, -0.25) is 14.7 Å². The van der Waals surface area contributed by atoms with E-state index in [4.69, 9.17) is 5.11 Å². The summed E-state index contributed by atoms with van der Waals surface area (Å²) in [6.45, 7) is 7.38. The number of aromatic nitrogens is 2. The monoisotopic (exact) mass is 406 g/mol. The summed E-state index contributed by atoms with van der Waals surface area (Å²) in [6, 6.07) is 11.2. The number of amides is 1. The normalized spacial score (nSPS) is 11.4. The number of carboxylic acid groups (broad SMARTS) is 1. The molecule has 8 heteroatoms. The van der Waals surface area contributed by atoms with Crippen LogP contribution in [0.2, 0.25) is 0 Å². The van der Waals surface area contributed by atoms with Crippen molar-refractivity contribution in [3.8, 4) is 5.69 Å². The van der Waals surface area contributed by atoms with Gasteiger partial charge in [0.2, 0.25) is 0 Å². The van der Waals surface area contributed by atoms with Gasteiger partial charge in [0.15, 0.2) is 0 Å². The Balaban J connectivity index is 1.85. The highest BCUT2D eigenvalue weighted by molar-refractivity contribution is 6.01. The second-order valence-electron chi connectivity index (χ2n) is 7.04. The molecule has 0 aliphatic carbocycles. The minimum absolute atomic E-state index is 0.0843. The zero-order valence-corrected chi connectivity index (χ0v) is 17.1. The van der Waals surface area contributed by atoms with Gasteiger partial charge < -0.3 is 5.11 Å². The van der Waals surface area contributed by atoms with Crippen molar-refractivity contribution in [3.05, 3.63) is 86.3 Å². The van der Waals surface area contributed by atoms with Crippen LogP contribution in [0.5, 0.6) is 0 Å². The zero-order chi connectivity index (χ0) is 22.0. The number of benzene rings is 2. The fraction of sp³-hybridized carbons (Fsp3) is 0.182. The van der Waals surface area contributed by atoms with Crippen LogP contribution in [-0.4, -0.2) is 32.5 Å². The Hall–Kier alpha value is -3.94. The molecule has 0 aliphatic rings. The van der Waals surface area contributed by atoms with Gasteiger partial charge in [-0.25, -0.2) is 14.9 Å². The lowest BCUT2D eigenvalue weighted by Gasteiger charge is -2.05. The number of aromatic amines is 1. The molecule has 1 heterocycles. The molecule has 0 atom stereocenters. The highest BCUT2D eigenvalue weighted by atomic mass is 16.4. The maximum absolute atomic E-state index is 12.9. The van der Waals surface area contributed by atoms with Gasteiger partial charge in [-0.15, -0.1) is 0 Å². The maximum atomic E-state index is 12.9. The Labute approximate surface area is 172 Å². The van der Waals surface area contributed by atoms with Gasteiger partial charge in [0.05, 0.1) is 22.5 Å². The molecule has 0 unspecified atom stereocenters. The number of aromatic carboxylic acids is 1. The summed E-state index contributed by atoms with van der Waals surface area (Å²) >= 11 is 0. The minimum Gasteiger partial charge on any atom is -0.478 e. The van der Waals surface area contributed by atoms with E-state index < -0.39 is 11.9 Å². The molecule has 0 saturated carbocycles. The lowest BCUT2D eigenvalue weighted by Crippen LogP contribution is -2.23. The molecule has 3 N–H and O–H groups in total. The number of nitrogens with zero attached hydrogens (tertiary/aromatic N) is 2. The van der Waals surface area contributed by atoms with Gasteiger partial charge in [-0.1, -0.05) is 6.07 Å². The Kier molecular flexibility index (Phi) is 5.68. The van der Waals surface area contributed by atoms with Crippen LogP contribution in [0, 0.1) is 20.8 Å². The highest BCUT2D eigenvalue weighted by Gasteiger charge is 2.16. The predicted molar refractivity (Wildman–Crippen MR) is 114 cm³/mol. The summed E-state index contributed by atoms with van der Waals surface area (Å²) < 4.78 is 1.45. The molecular formula is C22H22N4O4. The van der Waals surface area contributed by atoms with Crippen molar-refractivity contribution in [2.75, 3.05) is 0 Å². The van der Waals surface area contributed by atoms with E-state index in [1.54, 1.807) is 13.8 Å². The Morgan fingerprint density at radius 2 is 1.63 bits per heavy atom. The smallest absolute Gasteiger partial charge is 0.335 e. The molecule has 1 aromatic heterocycles. The number of H-pyrrole nitrogens is 1. The van der Waals surface area contributed by atoms with E-state index in [1.165, 1.54) is 28.9 Å². The number of hydrogen-bond acceptors (Lipinski definition) is 4. The first kappa shape index (κ1) is 20.8. The molecule has 0 radical (unpaired) electrons. The molecule has 3 aromatic rings. The second-order valence-corrected chi connectivity index (χ2v) is 7.04. The van der Waals surface area contributed by atoms with E-state index >= 15 is 0 Å². The molecule has 0 fully saturated rings. The fourth-order valence-corrected chi connectivity index (χ4v) is 3.04. The summed E-state index contributed by atoms with van der Waals surface area (Å²) in [6.07, 6.45) is 0. The molecule has 8 nitrogen and oxygen atoms in total. The average Bonchev–Trinajstić information content (AvgIpc) is 3.02. The number of carbonyl (C=O) groups is 2. The van der Waals surface area contributed by atoms with Gasteiger partial charge in [-0.2, -0.15) is 5.10 Å². The first-order valence-corrected chi connectivity index (χ1v) is 9.26. The van der Waals surface area contributed by atoms with Crippen LogP contribution >= 0.6 is 0 Å². The quantitative estimate of drug-likeness (QED) is 0.446. The number of rotatable bonds is 5. The third kappa shape index (κ3) is 4.07. The first-order chi connectivity index (χ1) is 14.2. The number of carboxylic acids is 1. The maximum Gasteiger partial charge on any atom is 0.335 e. The first-order valence-electron chi connectivity index (χ1n) is 9.26. The van der Waals surface area contributed by atoms with Gasteiger partial charge in [0, 0.05) is 11.3 Å². The Morgan fingerprint density at radius 3 is 2.23 bits per heavy atom. The lowest BCUT2D eigenvalue weighted by atomic mass is 10.1. The predicted octanol–water partition coefficient (Wildman–Crippen LogP) is 2.94. The molecule has 0 spiro atoms. The van der Waals surface area contributed by atoms with Crippen LogP contribution < -0.4 is 11.0 Å². The van der Waals surface area contributed by atoms with E-state index in [0.29, 0.717) is 22.7 Å². The molecule has 30 heavy (non-hydrogen) atoms. The number of hydrazone groups is 1. The van der Waals surface area contributed by atoms with Gasteiger partial charge in [0.25, 0.3) is 11.5 Å². The van der Waals surface area contributed by atoms with Crippen LogP contribution in [0.1, 0.15) is 50.0 Å². The van der Waals surface area contributed by atoms with Crippen molar-refractivity contribution >= 4 is 17.6 Å². The largest absolute Gasteiger partial charge is 0.478 e. The second kappa shape index (κ2) is 8.20. The summed E-state index contributed by atoms with van der Waals surface area (Å²) in [4.78, 5) is 36.1. The molecule has 0 saturated heterocycles. The number of hydrogen-bond donors (Lipinski definition) is 3. The van der Waals surface area contributed by atoms with E-state index in [9.17, 15) is 14.4 Å². The molecule has 0 bridgehead atoms. The fourth-order valence-electron chi connectivity index (χ4n) is 3.04. The topological polar surface area (TPSA) is 117 Å². The summed E-state index contributed by atoms with van der Waals surface area (Å²) in [5.74, 6) is -1.58. The molecular weight excluding hydrogens is 384 g/mol. The Bertz CT molecular complexity index is 1220. The van der Waals surface area contributed by atoms with E-state index in [0.717, 1.165) is 11.1 Å². The third-order valence-corrected chi connectivity index (χ3v) is 4.90. The molecule has 3 rings (SSSR count). The molecule has 2 aromatic carbocycles. The zero-order valence-electron chi connectivity index (χ0n) is 17.1. The van der Waals surface area contributed by atoms with Crippen LogP contribution in [0.3, 0.4) is 0 Å². The lowest BCUT2D eigenvalue weighted by molar-refractivity contribution is 0.0696. The molecule has 1 amide bonds. The van der Waals surface area contributed by atoms with Gasteiger partial charge >= 0.3 is 5.97 Å². The summed E-state index contributed by atoms with van der Waals surface area (Å²) in [7, 11) is 0. The van der Waals surface area contributed by atoms with Crippen LogP contribution in [0.15, 0.2) is 52.4 Å². The van der Waals surface area contributed by atoms with Gasteiger partial charge in [-0.05, 0) is 75.2 Å². The number of nitrogens with one attached hydrogen (secondary N) is 2. The third-order valence-electron chi connectivity index (χ3n) is 4.90. The van der Waals surface area contributed by atoms with Crippen LogP contribution in [0.4, 0.5) is 0 Å². The van der Waals surface area contributed by atoms with Crippen LogP contribution in [0.25, 0.3) is 5.69 Å². The van der Waals surface area contributed by atoms with Crippen molar-refractivity contribution < 1.29 is 14.7 Å². The van der Waals surface area contributed by atoms with E-state index in [1.807, 2.05) is 32.0 Å². The number of aryl methyl sites for hydroxylation is 3. The number of carbonyl (C=O) groups excluding carboxylic acids is 1. The molecule has 0 aliphatic heterocycles. The highest BCUT2D eigenvalue weighted by Crippen LogP contribution is 2.13. The van der Waals surface area contributed by atoms with Crippen molar-refractivity contribution in [3.63, 3.8) is 0 Å².